The molecule has 0 aromatic heterocycles. The molecular formula is C22H32N2O2. The number of allylic oxidation sites excluding steroid dienone is 1. The van der Waals surface area contributed by atoms with Gasteiger partial charge in [-0.15, -0.1) is 0 Å². The Morgan fingerprint density at radius 3 is 2.69 bits per heavy atom. The SMILES string of the molecule is CC1=CN(C(=O)c2ccccc2)C[C@]2(CCCN(CCC(C)C)CC2)O1. The first-order chi connectivity index (χ1) is 12.5. The van der Waals surface area contributed by atoms with Crippen LogP contribution in [0.15, 0.2) is 42.3 Å². The van der Waals surface area contributed by atoms with Crippen molar-refractivity contribution in [3.05, 3.63) is 47.9 Å². The number of hydrogen-bond acceptors (Lipinski definition) is 3. The zero-order valence-corrected chi connectivity index (χ0v) is 16.4. The van der Waals surface area contributed by atoms with Crippen molar-refractivity contribution < 1.29 is 9.53 Å². The Morgan fingerprint density at radius 1 is 1.19 bits per heavy atom. The van der Waals surface area contributed by atoms with Gasteiger partial charge in [0.1, 0.15) is 11.4 Å². The highest BCUT2D eigenvalue weighted by atomic mass is 16.5. The number of rotatable bonds is 4. The van der Waals surface area contributed by atoms with Crippen molar-refractivity contribution in [1.82, 2.24) is 9.80 Å². The molecule has 3 rings (SSSR count). The van der Waals surface area contributed by atoms with Gasteiger partial charge in [0.2, 0.25) is 0 Å². The summed E-state index contributed by atoms with van der Waals surface area (Å²) in [6.45, 7) is 10.5. The minimum absolute atomic E-state index is 0.0635. The molecule has 1 aromatic carbocycles. The zero-order chi connectivity index (χ0) is 18.6. The van der Waals surface area contributed by atoms with Gasteiger partial charge in [0.15, 0.2) is 0 Å². The molecule has 2 heterocycles. The van der Waals surface area contributed by atoms with E-state index in [0.29, 0.717) is 6.54 Å². The maximum absolute atomic E-state index is 12.9. The molecule has 0 N–H and O–H groups in total. The second kappa shape index (κ2) is 8.26. The number of amides is 1. The van der Waals surface area contributed by atoms with E-state index >= 15 is 0 Å². The summed E-state index contributed by atoms with van der Waals surface area (Å²) in [6.07, 6.45) is 6.22. The second-order valence-corrected chi connectivity index (χ2v) is 8.20. The van der Waals surface area contributed by atoms with Crippen LogP contribution >= 0.6 is 0 Å². The lowest BCUT2D eigenvalue weighted by Gasteiger charge is -2.41. The first-order valence-electron chi connectivity index (χ1n) is 9.93. The number of carbonyl (C=O) groups excluding carboxylic acids is 1. The first-order valence-corrected chi connectivity index (χ1v) is 9.93. The molecule has 0 aliphatic carbocycles. The molecule has 0 unspecified atom stereocenters. The lowest BCUT2D eigenvalue weighted by Crippen LogP contribution is -2.49. The van der Waals surface area contributed by atoms with Crippen LogP contribution < -0.4 is 0 Å². The summed E-state index contributed by atoms with van der Waals surface area (Å²) in [5.74, 6) is 1.65. The van der Waals surface area contributed by atoms with Crippen LogP contribution in [0.2, 0.25) is 0 Å². The minimum Gasteiger partial charge on any atom is -0.488 e. The highest BCUT2D eigenvalue weighted by Crippen LogP contribution is 2.34. The maximum Gasteiger partial charge on any atom is 0.258 e. The fourth-order valence-corrected chi connectivity index (χ4v) is 4.00. The van der Waals surface area contributed by atoms with Crippen LogP contribution in [0.25, 0.3) is 0 Å². The normalized spacial score (nSPS) is 24.3. The standard InChI is InChI=1S/C22H32N2O2/c1-18(2)10-14-23-13-7-11-22(12-15-23)17-24(16-19(3)26-22)21(25)20-8-5-4-6-9-20/h4-6,8-9,16,18H,7,10-15,17H2,1-3H3/t22-/m1/s1. The van der Waals surface area contributed by atoms with E-state index in [1.165, 1.54) is 6.42 Å². The van der Waals surface area contributed by atoms with Gasteiger partial charge in [0, 0.05) is 24.7 Å². The number of likely N-dealkylation sites (tertiary alicyclic amines) is 1. The Balaban J connectivity index is 1.69. The largest absolute Gasteiger partial charge is 0.488 e. The molecule has 2 aliphatic heterocycles. The van der Waals surface area contributed by atoms with Gasteiger partial charge in [0.05, 0.1) is 6.54 Å². The number of hydrogen-bond donors (Lipinski definition) is 0. The summed E-state index contributed by atoms with van der Waals surface area (Å²) in [5.41, 5.74) is 0.497. The topological polar surface area (TPSA) is 32.8 Å². The predicted octanol–water partition coefficient (Wildman–Crippen LogP) is 4.29. The molecule has 1 fully saturated rings. The van der Waals surface area contributed by atoms with Crippen LogP contribution in [0, 0.1) is 5.92 Å². The monoisotopic (exact) mass is 356 g/mol. The van der Waals surface area contributed by atoms with Crippen LogP contribution in [0.5, 0.6) is 0 Å². The maximum atomic E-state index is 12.9. The van der Waals surface area contributed by atoms with Gasteiger partial charge in [-0.1, -0.05) is 32.0 Å². The van der Waals surface area contributed by atoms with E-state index in [9.17, 15) is 4.79 Å². The van der Waals surface area contributed by atoms with Crippen molar-refractivity contribution in [2.75, 3.05) is 26.2 Å². The molecule has 2 aliphatic rings. The van der Waals surface area contributed by atoms with E-state index in [4.69, 9.17) is 4.74 Å². The third-order valence-electron chi connectivity index (χ3n) is 5.47. The molecule has 4 nitrogen and oxygen atoms in total. The smallest absolute Gasteiger partial charge is 0.258 e. The van der Waals surface area contributed by atoms with Crippen molar-refractivity contribution in [1.29, 1.82) is 0 Å². The molecule has 1 spiro atoms. The third-order valence-corrected chi connectivity index (χ3v) is 5.47. The molecule has 4 heteroatoms. The van der Waals surface area contributed by atoms with E-state index in [1.807, 2.05) is 48.4 Å². The van der Waals surface area contributed by atoms with Crippen LogP contribution in [-0.4, -0.2) is 47.5 Å². The molecule has 0 radical (unpaired) electrons. The first kappa shape index (κ1) is 19.0. The van der Waals surface area contributed by atoms with Gasteiger partial charge < -0.3 is 14.5 Å². The Labute approximate surface area is 157 Å². The van der Waals surface area contributed by atoms with Crippen molar-refractivity contribution >= 4 is 5.91 Å². The summed E-state index contributed by atoms with van der Waals surface area (Å²) in [6, 6.07) is 9.54. The highest BCUT2D eigenvalue weighted by Gasteiger charge is 2.40. The van der Waals surface area contributed by atoms with Gasteiger partial charge >= 0.3 is 0 Å². The molecule has 1 amide bonds. The summed E-state index contributed by atoms with van der Waals surface area (Å²) >= 11 is 0. The van der Waals surface area contributed by atoms with E-state index in [-0.39, 0.29) is 11.5 Å². The summed E-state index contributed by atoms with van der Waals surface area (Å²) in [7, 11) is 0. The second-order valence-electron chi connectivity index (χ2n) is 8.20. The molecule has 1 aromatic rings. The molecule has 142 valence electrons. The summed E-state index contributed by atoms with van der Waals surface area (Å²) in [5, 5.41) is 0. The number of carbonyl (C=O) groups is 1. The van der Waals surface area contributed by atoms with Gasteiger partial charge in [-0.3, -0.25) is 4.79 Å². The quantitative estimate of drug-likeness (QED) is 0.807. The highest BCUT2D eigenvalue weighted by molar-refractivity contribution is 5.95. The van der Waals surface area contributed by atoms with Gasteiger partial charge in [-0.2, -0.15) is 0 Å². The van der Waals surface area contributed by atoms with Crippen LogP contribution in [-0.2, 0) is 4.74 Å². The van der Waals surface area contributed by atoms with Gasteiger partial charge in [-0.25, -0.2) is 0 Å². The molecule has 26 heavy (non-hydrogen) atoms. The van der Waals surface area contributed by atoms with Crippen LogP contribution in [0.1, 0.15) is 56.8 Å². The summed E-state index contributed by atoms with van der Waals surface area (Å²) < 4.78 is 6.33. The number of ether oxygens (including phenoxy) is 1. The van der Waals surface area contributed by atoms with Crippen molar-refractivity contribution in [2.24, 2.45) is 5.92 Å². The van der Waals surface area contributed by atoms with Gasteiger partial charge in [-0.05, 0) is 57.3 Å². The lowest BCUT2D eigenvalue weighted by molar-refractivity contribution is -0.0437. The Kier molecular flexibility index (Phi) is 6.02. The fourth-order valence-electron chi connectivity index (χ4n) is 4.00. The third kappa shape index (κ3) is 4.67. The summed E-state index contributed by atoms with van der Waals surface area (Å²) in [4.78, 5) is 17.3. The Bertz CT molecular complexity index is 641. The zero-order valence-electron chi connectivity index (χ0n) is 16.4. The molecular weight excluding hydrogens is 324 g/mol. The molecule has 1 atom stereocenters. The average molecular weight is 357 g/mol. The average Bonchev–Trinajstić information content (AvgIpc) is 2.81. The molecule has 0 bridgehead atoms. The minimum atomic E-state index is -0.240. The van der Waals surface area contributed by atoms with Crippen molar-refractivity contribution in [3.8, 4) is 0 Å². The lowest BCUT2D eigenvalue weighted by atomic mass is 9.92. The molecule has 0 saturated carbocycles. The van der Waals surface area contributed by atoms with Crippen molar-refractivity contribution in [2.45, 2.75) is 52.1 Å². The van der Waals surface area contributed by atoms with Crippen LogP contribution in [0.4, 0.5) is 0 Å². The Morgan fingerprint density at radius 2 is 1.96 bits per heavy atom. The van der Waals surface area contributed by atoms with E-state index in [2.05, 4.69) is 18.7 Å². The number of benzene rings is 1. The molecule has 1 saturated heterocycles. The van der Waals surface area contributed by atoms with Gasteiger partial charge in [0.25, 0.3) is 5.91 Å². The van der Waals surface area contributed by atoms with Crippen LogP contribution in [0.3, 0.4) is 0 Å². The van der Waals surface area contributed by atoms with E-state index < -0.39 is 0 Å². The predicted molar refractivity (Wildman–Crippen MR) is 105 cm³/mol. The number of nitrogens with zero attached hydrogens (tertiary/aromatic N) is 2. The van der Waals surface area contributed by atoms with E-state index in [1.54, 1.807) is 0 Å². The Hall–Kier alpha value is -1.81. The van der Waals surface area contributed by atoms with Crippen molar-refractivity contribution in [3.63, 3.8) is 0 Å². The van der Waals surface area contributed by atoms with E-state index in [0.717, 1.165) is 56.1 Å². The fraction of sp³-hybridized carbons (Fsp3) is 0.591.